The Morgan fingerprint density at radius 1 is 1.06 bits per heavy atom. The Labute approximate surface area is 206 Å². The van der Waals surface area contributed by atoms with E-state index in [1.54, 1.807) is 12.1 Å². The van der Waals surface area contributed by atoms with Crippen LogP contribution in [-0.4, -0.2) is 17.6 Å². The molecule has 4 rings (SSSR count). The topological polar surface area (TPSA) is 82.0 Å². The first kappa shape index (κ1) is 23.4. The van der Waals surface area contributed by atoms with Gasteiger partial charge in [-0.1, -0.05) is 29.8 Å². The second-order valence-corrected chi connectivity index (χ2v) is 10.3. The van der Waals surface area contributed by atoms with Crippen LogP contribution in [0.15, 0.2) is 53.4 Å². The van der Waals surface area contributed by atoms with Gasteiger partial charge in [0.1, 0.15) is 11.1 Å². The van der Waals surface area contributed by atoms with Crippen LogP contribution in [0.25, 0.3) is 0 Å². The number of anilines is 2. The summed E-state index contributed by atoms with van der Waals surface area (Å²) in [6.07, 6.45) is 4.37. The van der Waals surface area contributed by atoms with Crippen molar-refractivity contribution in [1.29, 1.82) is 5.26 Å². The average molecular weight is 496 g/mol. The lowest BCUT2D eigenvalue weighted by atomic mass is 9.96. The molecule has 0 spiro atoms. The molecular formula is C25H22ClN3O2S2. The second-order valence-electron chi connectivity index (χ2n) is 7.74. The fourth-order valence-corrected chi connectivity index (χ4v) is 5.88. The Bertz CT molecular complexity index is 1220. The quantitative estimate of drug-likeness (QED) is 0.390. The van der Waals surface area contributed by atoms with Crippen molar-refractivity contribution in [3.8, 4) is 6.07 Å². The number of thioether (sulfide) groups is 1. The van der Waals surface area contributed by atoms with E-state index in [0.717, 1.165) is 41.7 Å². The lowest BCUT2D eigenvalue weighted by Crippen LogP contribution is -2.15. The second kappa shape index (κ2) is 10.9. The summed E-state index contributed by atoms with van der Waals surface area (Å²) in [6, 6.07) is 16.9. The molecule has 3 aromatic rings. The molecule has 0 saturated heterocycles. The Morgan fingerprint density at radius 2 is 1.85 bits per heavy atom. The van der Waals surface area contributed by atoms with Crippen LogP contribution in [0.3, 0.4) is 0 Å². The van der Waals surface area contributed by atoms with Gasteiger partial charge in [-0.05, 0) is 67.1 Å². The molecule has 8 heteroatoms. The van der Waals surface area contributed by atoms with Gasteiger partial charge < -0.3 is 10.6 Å². The average Bonchev–Trinajstić information content (AvgIpc) is 3.16. The maximum Gasteiger partial charge on any atom is 0.235 e. The largest absolute Gasteiger partial charge is 0.326 e. The Balaban J connectivity index is 1.32. The molecule has 0 atom stereocenters. The summed E-state index contributed by atoms with van der Waals surface area (Å²) in [5.41, 5.74) is 3.29. The van der Waals surface area contributed by atoms with E-state index in [1.807, 2.05) is 36.4 Å². The van der Waals surface area contributed by atoms with Crippen molar-refractivity contribution in [2.45, 2.75) is 37.0 Å². The number of hydrogen-bond acceptors (Lipinski definition) is 5. The summed E-state index contributed by atoms with van der Waals surface area (Å²) in [4.78, 5) is 27.0. The van der Waals surface area contributed by atoms with Crippen molar-refractivity contribution in [3.05, 3.63) is 75.1 Å². The van der Waals surface area contributed by atoms with Crippen molar-refractivity contribution in [2.24, 2.45) is 0 Å². The molecule has 33 heavy (non-hydrogen) atoms. The van der Waals surface area contributed by atoms with E-state index in [1.165, 1.54) is 28.0 Å². The zero-order valence-corrected chi connectivity index (χ0v) is 20.2. The van der Waals surface area contributed by atoms with Gasteiger partial charge in [0.2, 0.25) is 11.8 Å². The molecule has 1 aromatic heterocycles. The van der Waals surface area contributed by atoms with Gasteiger partial charge in [-0.2, -0.15) is 5.26 Å². The number of nitrogens with zero attached hydrogens (tertiary/aromatic N) is 1. The van der Waals surface area contributed by atoms with Gasteiger partial charge in [0, 0.05) is 20.5 Å². The minimum atomic E-state index is -0.146. The minimum absolute atomic E-state index is 0.122. The molecule has 0 radical (unpaired) electrons. The number of benzene rings is 2. The molecular weight excluding hydrogens is 474 g/mol. The molecule has 0 bridgehead atoms. The van der Waals surface area contributed by atoms with E-state index < -0.39 is 0 Å². The molecule has 0 saturated carbocycles. The number of rotatable bonds is 7. The van der Waals surface area contributed by atoms with Crippen molar-refractivity contribution < 1.29 is 9.59 Å². The van der Waals surface area contributed by atoms with Crippen LogP contribution in [0.4, 0.5) is 10.7 Å². The molecule has 0 unspecified atom stereocenters. The number of amides is 2. The van der Waals surface area contributed by atoms with Crippen molar-refractivity contribution in [3.63, 3.8) is 0 Å². The highest BCUT2D eigenvalue weighted by atomic mass is 35.5. The maximum atomic E-state index is 12.5. The van der Waals surface area contributed by atoms with Crippen LogP contribution in [0, 0.1) is 11.3 Å². The number of nitriles is 1. The SMILES string of the molecule is N#Cc1c(NC(=O)CSc2cccc(NC(=O)Cc3ccc(Cl)cc3)c2)sc2c1CCCC2. The highest BCUT2D eigenvalue weighted by Gasteiger charge is 2.21. The van der Waals surface area contributed by atoms with Gasteiger partial charge in [-0.15, -0.1) is 23.1 Å². The van der Waals surface area contributed by atoms with Crippen LogP contribution >= 0.6 is 34.7 Å². The first-order valence-corrected chi connectivity index (χ1v) is 12.8. The zero-order chi connectivity index (χ0) is 23.2. The summed E-state index contributed by atoms with van der Waals surface area (Å²) in [5, 5.41) is 16.7. The number of carbonyl (C=O) groups is 2. The predicted octanol–water partition coefficient (Wildman–Crippen LogP) is 6.06. The minimum Gasteiger partial charge on any atom is -0.326 e. The van der Waals surface area contributed by atoms with Crippen LogP contribution in [0.2, 0.25) is 5.02 Å². The van der Waals surface area contributed by atoms with E-state index in [2.05, 4.69) is 16.7 Å². The number of halogens is 1. The highest BCUT2D eigenvalue weighted by Crippen LogP contribution is 2.37. The summed E-state index contributed by atoms with van der Waals surface area (Å²) in [6.45, 7) is 0. The number of thiophene rings is 1. The molecule has 2 aromatic carbocycles. The molecule has 168 valence electrons. The number of aryl methyl sites for hydroxylation is 1. The van der Waals surface area contributed by atoms with Crippen molar-refractivity contribution in [1.82, 2.24) is 0 Å². The summed E-state index contributed by atoms with van der Waals surface area (Å²) >= 11 is 8.80. The number of hydrogen-bond donors (Lipinski definition) is 2. The van der Waals surface area contributed by atoms with Gasteiger partial charge in [-0.3, -0.25) is 9.59 Å². The van der Waals surface area contributed by atoms with Gasteiger partial charge >= 0.3 is 0 Å². The van der Waals surface area contributed by atoms with E-state index in [-0.39, 0.29) is 24.0 Å². The maximum absolute atomic E-state index is 12.5. The van der Waals surface area contributed by atoms with Crippen LogP contribution < -0.4 is 10.6 Å². The molecule has 2 amide bonds. The smallest absolute Gasteiger partial charge is 0.235 e. The summed E-state index contributed by atoms with van der Waals surface area (Å²) in [7, 11) is 0. The van der Waals surface area contributed by atoms with E-state index >= 15 is 0 Å². The third kappa shape index (κ3) is 6.17. The Morgan fingerprint density at radius 3 is 2.64 bits per heavy atom. The monoisotopic (exact) mass is 495 g/mol. The van der Waals surface area contributed by atoms with Gasteiger partial charge in [0.25, 0.3) is 0 Å². The molecule has 2 N–H and O–H groups in total. The molecule has 0 aliphatic heterocycles. The van der Waals surface area contributed by atoms with E-state index in [9.17, 15) is 14.9 Å². The third-order valence-electron chi connectivity index (χ3n) is 5.30. The van der Waals surface area contributed by atoms with Gasteiger partial charge in [-0.25, -0.2) is 0 Å². The third-order valence-corrected chi connectivity index (χ3v) is 7.75. The predicted molar refractivity (Wildman–Crippen MR) is 135 cm³/mol. The molecule has 1 heterocycles. The molecule has 1 aliphatic carbocycles. The Kier molecular flexibility index (Phi) is 7.71. The summed E-state index contributed by atoms with van der Waals surface area (Å²) in [5.74, 6) is -0.0505. The summed E-state index contributed by atoms with van der Waals surface area (Å²) < 4.78 is 0. The molecule has 1 aliphatic rings. The van der Waals surface area contributed by atoms with Gasteiger partial charge in [0.05, 0.1) is 17.7 Å². The van der Waals surface area contributed by atoms with E-state index in [4.69, 9.17) is 11.6 Å². The highest BCUT2D eigenvalue weighted by molar-refractivity contribution is 8.00. The van der Waals surface area contributed by atoms with Crippen molar-refractivity contribution >= 4 is 57.2 Å². The van der Waals surface area contributed by atoms with Crippen LogP contribution in [-0.2, 0) is 28.9 Å². The molecule has 0 fully saturated rings. The van der Waals surface area contributed by atoms with Gasteiger partial charge in [0.15, 0.2) is 0 Å². The standard InChI is InChI=1S/C25H22ClN3O2S2/c26-17-10-8-16(9-11-17)12-23(30)28-18-4-3-5-19(13-18)32-15-24(31)29-25-21(14-27)20-6-1-2-7-22(20)33-25/h3-5,8-11,13H,1-2,6-7,12,15H2,(H,28,30)(H,29,31). The lowest BCUT2D eigenvalue weighted by molar-refractivity contribution is -0.115. The zero-order valence-electron chi connectivity index (χ0n) is 17.8. The fourth-order valence-electron chi connectivity index (χ4n) is 3.74. The first-order chi connectivity index (χ1) is 16.0. The van der Waals surface area contributed by atoms with E-state index in [0.29, 0.717) is 21.3 Å². The fraction of sp³-hybridized carbons (Fsp3) is 0.240. The number of fused-ring (bicyclic) bond motifs is 1. The van der Waals surface area contributed by atoms with Crippen molar-refractivity contribution in [2.75, 3.05) is 16.4 Å². The van der Waals surface area contributed by atoms with Crippen LogP contribution in [0.5, 0.6) is 0 Å². The molecule has 5 nitrogen and oxygen atoms in total. The normalized spacial score (nSPS) is 12.5. The Hall–Kier alpha value is -2.79. The number of nitrogens with one attached hydrogen (secondary N) is 2. The number of carbonyl (C=O) groups excluding carboxylic acids is 2. The first-order valence-electron chi connectivity index (χ1n) is 10.6. The van der Waals surface area contributed by atoms with Crippen LogP contribution in [0.1, 0.15) is 34.4 Å². The lowest BCUT2D eigenvalue weighted by Gasteiger charge is -2.09.